The second-order valence-electron chi connectivity index (χ2n) is 10.2. The van der Waals surface area contributed by atoms with Crippen LogP contribution in [0.15, 0.2) is 53.2 Å². The zero-order valence-corrected chi connectivity index (χ0v) is 23.3. The van der Waals surface area contributed by atoms with Crippen molar-refractivity contribution in [3.05, 3.63) is 65.4 Å². The van der Waals surface area contributed by atoms with E-state index < -0.39 is 0 Å². The molecule has 8 nitrogen and oxygen atoms in total. The van der Waals surface area contributed by atoms with Crippen LogP contribution in [0, 0.1) is 19.8 Å². The lowest BCUT2D eigenvalue weighted by Crippen LogP contribution is -2.38. The van der Waals surface area contributed by atoms with Gasteiger partial charge in [0.25, 0.3) is 5.89 Å². The Labute approximate surface area is 230 Å². The van der Waals surface area contributed by atoms with E-state index in [0.717, 1.165) is 62.1 Å². The number of carbonyl (C=O) groups excluding carboxylic acids is 1. The molecule has 1 aliphatic rings. The maximum absolute atomic E-state index is 12.0. The third-order valence-electron chi connectivity index (χ3n) is 7.64. The minimum absolute atomic E-state index is 0.0425. The maximum atomic E-state index is 12.0. The quantitative estimate of drug-likeness (QED) is 0.257. The highest BCUT2D eigenvalue weighted by Crippen LogP contribution is 2.32. The number of aromatic nitrogens is 4. The van der Waals surface area contributed by atoms with Gasteiger partial charge in [0.2, 0.25) is 5.82 Å². The van der Waals surface area contributed by atoms with Crippen LogP contribution < -0.4 is 0 Å². The lowest BCUT2D eigenvalue weighted by atomic mass is 9.94. The summed E-state index contributed by atoms with van der Waals surface area (Å²) in [7, 11) is 0. The number of hydrogen-bond donors (Lipinski definition) is 0. The monoisotopic (exact) mass is 527 g/mol. The lowest BCUT2D eigenvalue weighted by Gasteiger charge is -2.31. The first-order chi connectivity index (χ1) is 19.0. The van der Waals surface area contributed by atoms with Crippen molar-refractivity contribution in [2.24, 2.45) is 5.92 Å². The van der Waals surface area contributed by atoms with Crippen LogP contribution in [0.25, 0.3) is 34.1 Å². The summed E-state index contributed by atoms with van der Waals surface area (Å²) in [4.78, 5) is 19.2. The maximum Gasteiger partial charge on any atom is 0.309 e. The van der Waals surface area contributed by atoms with Gasteiger partial charge in [-0.3, -0.25) is 9.48 Å². The van der Waals surface area contributed by atoms with E-state index in [1.807, 2.05) is 36.0 Å². The Hall–Kier alpha value is -3.78. The lowest BCUT2D eigenvalue weighted by molar-refractivity contribution is -0.149. The van der Waals surface area contributed by atoms with Crippen molar-refractivity contribution in [3.63, 3.8) is 0 Å². The molecule has 0 saturated carbocycles. The molecule has 0 aliphatic carbocycles. The van der Waals surface area contributed by atoms with Crippen LogP contribution >= 0.6 is 0 Å². The zero-order valence-electron chi connectivity index (χ0n) is 23.3. The Morgan fingerprint density at radius 1 is 1.05 bits per heavy atom. The summed E-state index contributed by atoms with van der Waals surface area (Å²) >= 11 is 0. The summed E-state index contributed by atoms with van der Waals surface area (Å²) in [6.07, 6.45) is 4.74. The van der Waals surface area contributed by atoms with Gasteiger partial charge in [-0.2, -0.15) is 10.1 Å². The molecular weight excluding hydrogens is 490 g/mol. The Kier molecular flexibility index (Phi) is 8.21. The number of aryl methyl sites for hydroxylation is 3. The Balaban J connectivity index is 1.29. The molecule has 1 saturated heterocycles. The predicted molar refractivity (Wildman–Crippen MR) is 151 cm³/mol. The minimum atomic E-state index is -0.0425. The molecule has 0 atom stereocenters. The number of ether oxygens (including phenoxy) is 1. The van der Waals surface area contributed by atoms with E-state index >= 15 is 0 Å². The first-order valence-corrected chi connectivity index (χ1v) is 13.9. The number of rotatable bonds is 9. The largest absolute Gasteiger partial charge is 0.466 e. The van der Waals surface area contributed by atoms with Crippen LogP contribution in [0.4, 0.5) is 0 Å². The summed E-state index contributed by atoms with van der Waals surface area (Å²) in [6, 6.07) is 14.4. The van der Waals surface area contributed by atoms with Crippen LogP contribution in [-0.4, -0.2) is 57.0 Å². The minimum Gasteiger partial charge on any atom is -0.466 e. The second kappa shape index (κ2) is 11.9. The van der Waals surface area contributed by atoms with Gasteiger partial charge in [-0.25, -0.2) is 0 Å². The second-order valence-corrected chi connectivity index (χ2v) is 10.2. The third-order valence-corrected chi connectivity index (χ3v) is 7.64. The topological polar surface area (TPSA) is 86.3 Å². The van der Waals surface area contributed by atoms with Gasteiger partial charge in [-0.1, -0.05) is 35.5 Å². The van der Waals surface area contributed by atoms with Crippen LogP contribution in [0.1, 0.15) is 43.4 Å². The molecule has 204 valence electrons. The van der Waals surface area contributed by atoms with Gasteiger partial charge in [-0.05, 0) is 94.4 Å². The molecule has 0 spiro atoms. The highest BCUT2D eigenvalue weighted by molar-refractivity contribution is 5.77. The predicted octanol–water partition coefficient (Wildman–Crippen LogP) is 5.72. The normalized spacial score (nSPS) is 14.6. The van der Waals surface area contributed by atoms with Crippen LogP contribution in [0.3, 0.4) is 0 Å². The van der Waals surface area contributed by atoms with Gasteiger partial charge in [0.05, 0.1) is 12.5 Å². The van der Waals surface area contributed by atoms with Gasteiger partial charge in [0.1, 0.15) is 0 Å². The molecule has 8 heteroatoms. The summed E-state index contributed by atoms with van der Waals surface area (Å²) in [5, 5.41) is 9.03. The molecule has 39 heavy (non-hydrogen) atoms. The molecule has 1 aliphatic heterocycles. The molecule has 2 aromatic carbocycles. The fourth-order valence-electron chi connectivity index (χ4n) is 5.45. The van der Waals surface area contributed by atoms with Crippen molar-refractivity contribution in [2.75, 3.05) is 26.2 Å². The number of hydrogen-bond acceptors (Lipinski definition) is 7. The van der Waals surface area contributed by atoms with Crippen molar-refractivity contribution in [2.45, 2.75) is 53.5 Å². The fraction of sp³-hybridized carbons (Fsp3) is 0.419. The molecule has 3 heterocycles. The molecule has 0 radical (unpaired) electrons. The first kappa shape index (κ1) is 26.8. The Morgan fingerprint density at radius 2 is 1.77 bits per heavy atom. The summed E-state index contributed by atoms with van der Waals surface area (Å²) in [5.41, 5.74) is 7.46. The average Bonchev–Trinajstić information content (AvgIpc) is 3.61. The van der Waals surface area contributed by atoms with E-state index in [0.29, 0.717) is 24.0 Å². The summed E-state index contributed by atoms with van der Waals surface area (Å²) in [5.74, 6) is 0.984. The number of nitrogens with zero attached hydrogens (tertiary/aromatic N) is 5. The average molecular weight is 528 g/mol. The van der Waals surface area contributed by atoms with E-state index in [1.165, 1.54) is 16.7 Å². The van der Waals surface area contributed by atoms with Crippen LogP contribution in [0.2, 0.25) is 0 Å². The summed E-state index contributed by atoms with van der Waals surface area (Å²) in [6.45, 7) is 12.3. The van der Waals surface area contributed by atoms with Crippen molar-refractivity contribution in [1.82, 2.24) is 24.8 Å². The van der Waals surface area contributed by atoms with E-state index in [-0.39, 0.29) is 11.9 Å². The smallest absolute Gasteiger partial charge is 0.309 e. The molecule has 0 N–H and O–H groups in total. The zero-order chi connectivity index (χ0) is 27.4. The van der Waals surface area contributed by atoms with E-state index in [2.05, 4.69) is 55.1 Å². The Bertz CT molecular complexity index is 1390. The number of likely N-dealkylation sites (tertiary alicyclic amines) is 1. The molecule has 0 unspecified atom stereocenters. The van der Waals surface area contributed by atoms with Gasteiger partial charge >= 0.3 is 5.97 Å². The SMILES string of the molecule is CCOC(=O)C1CCN(CCc2c(C)cc(-c3noc(-c4nn(CC)cc4-c4ccccc4)n3)cc2C)CC1. The van der Waals surface area contributed by atoms with E-state index in [4.69, 9.17) is 19.3 Å². The van der Waals surface area contributed by atoms with Crippen LogP contribution in [0.5, 0.6) is 0 Å². The number of benzene rings is 2. The standard InChI is InChI=1S/C31H37N5O3/c1-5-36-20-27(23-10-8-7-9-11-23)28(33-36)30-32-29(34-39-30)25-18-21(3)26(22(4)19-25)14-17-35-15-12-24(13-16-35)31(37)38-6-2/h7-11,18-20,24H,5-6,12-17H2,1-4H3. The van der Waals surface area contributed by atoms with Crippen molar-refractivity contribution in [3.8, 4) is 34.1 Å². The molecule has 2 aromatic heterocycles. The van der Waals surface area contributed by atoms with Crippen LogP contribution in [-0.2, 0) is 22.5 Å². The molecule has 0 bridgehead atoms. The van der Waals surface area contributed by atoms with Gasteiger partial charge in [-0.15, -0.1) is 0 Å². The van der Waals surface area contributed by atoms with Gasteiger partial charge in [0.15, 0.2) is 5.69 Å². The fourth-order valence-corrected chi connectivity index (χ4v) is 5.45. The molecular formula is C31H37N5O3. The van der Waals surface area contributed by atoms with Gasteiger partial charge < -0.3 is 14.2 Å². The highest BCUT2D eigenvalue weighted by atomic mass is 16.5. The van der Waals surface area contributed by atoms with Crippen molar-refractivity contribution < 1.29 is 14.1 Å². The number of carbonyl (C=O) groups is 1. The molecule has 1 fully saturated rings. The van der Waals surface area contributed by atoms with E-state index in [1.54, 1.807) is 0 Å². The summed E-state index contributed by atoms with van der Waals surface area (Å²) < 4.78 is 12.8. The van der Waals surface area contributed by atoms with Gasteiger partial charge in [0, 0.05) is 30.4 Å². The van der Waals surface area contributed by atoms with Crippen molar-refractivity contribution >= 4 is 5.97 Å². The molecule has 0 amide bonds. The molecule has 5 rings (SSSR count). The highest BCUT2D eigenvalue weighted by Gasteiger charge is 2.26. The van der Waals surface area contributed by atoms with E-state index in [9.17, 15) is 4.79 Å². The molecule has 4 aromatic rings. The Morgan fingerprint density at radius 3 is 2.44 bits per heavy atom. The number of esters is 1. The first-order valence-electron chi connectivity index (χ1n) is 13.9. The third kappa shape index (κ3) is 5.96. The number of piperidine rings is 1. The van der Waals surface area contributed by atoms with Crippen molar-refractivity contribution in [1.29, 1.82) is 0 Å².